The Morgan fingerprint density at radius 2 is 1.81 bits per heavy atom. The van der Waals surface area contributed by atoms with Crippen molar-refractivity contribution in [3.63, 3.8) is 0 Å². The molecule has 200 valence electrons. The normalized spacial score (nSPS) is 15.9. The summed E-state index contributed by atoms with van der Waals surface area (Å²) in [7, 11) is -3.85. The average molecular weight is 550 g/mol. The number of rotatable bonds is 10. The van der Waals surface area contributed by atoms with Crippen LogP contribution in [0.3, 0.4) is 0 Å². The molecule has 1 saturated carbocycles. The standard InChI is InChI=1S/C26H32ClN3O6S/c1-3-22(26(32)28-19-9-5-6-10-19)29(15-18-8-4-7-11-21(18)27)25(31)16-30(37(2,33)34)20-12-13-23-24(14-20)36-17-35-23/h4,7-8,11-14,19,22H,3,5-6,9-10,15-17H2,1-2H3,(H,28,32). The molecule has 1 unspecified atom stereocenters. The molecule has 2 amide bonds. The number of carbonyl (C=O) groups is 2. The molecule has 0 aromatic heterocycles. The van der Waals surface area contributed by atoms with Crippen LogP contribution in [0.2, 0.25) is 5.02 Å². The van der Waals surface area contributed by atoms with Crippen LogP contribution in [0.25, 0.3) is 0 Å². The third-order valence-electron chi connectivity index (χ3n) is 6.71. The summed E-state index contributed by atoms with van der Waals surface area (Å²) < 4.78 is 37.3. The van der Waals surface area contributed by atoms with Crippen molar-refractivity contribution >= 4 is 39.1 Å². The number of sulfonamides is 1. The number of anilines is 1. The van der Waals surface area contributed by atoms with Crippen molar-refractivity contribution < 1.29 is 27.5 Å². The second-order valence-electron chi connectivity index (χ2n) is 9.33. The van der Waals surface area contributed by atoms with Gasteiger partial charge in [0.05, 0.1) is 11.9 Å². The first-order chi connectivity index (χ1) is 17.7. The van der Waals surface area contributed by atoms with Gasteiger partial charge in [0, 0.05) is 23.7 Å². The van der Waals surface area contributed by atoms with E-state index in [0.717, 1.165) is 36.2 Å². The largest absolute Gasteiger partial charge is 0.454 e. The summed E-state index contributed by atoms with van der Waals surface area (Å²) in [6.45, 7) is 1.44. The zero-order chi connectivity index (χ0) is 26.6. The molecule has 0 bridgehead atoms. The predicted molar refractivity (Wildman–Crippen MR) is 141 cm³/mol. The lowest BCUT2D eigenvalue weighted by molar-refractivity contribution is -0.140. The predicted octanol–water partition coefficient (Wildman–Crippen LogP) is 3.70. The minimum atomic E-state index is -3.85. The molecule has 2 aliphatic rings. The average Bonchev–Trinajstić information content (AvgIpc) is 3.54. The van der Waals surface area contributed by atoms with E-state index in [-0.39, 0.29) is 31.0 Å². The van der Waals surface area contributed by atoms with E-state index in [9.17, 15) is 18.0 Å². The maximum atomic E-state index is 13.8. The molecule has 1 atom stereocenters. The molecule has 1 aliphatic carbocycles. The number of nitrogens with zero attached hydrogens (tertiary/aromatic N) is 2. The van der Waals surface area contributed by atoms with Gasteiger partial charge in [-0.3, -0.25) is 13.9 Å². The fourth-order valence-corrected chi connectivity index (χ4v) is 5.79. The zero-order valence-electron chi connectivity index (χ0n) is 21.0. The molecule has 0 saturated heterocycles. The highest BCUT2D eigenvalue weighted by atomic mass is 35.5. The number of hydrogen-bond donors (Lipinski definition) is 1. The number of hydrogen-bond acceptors (Lipinski definition) is 6. The first-order valence-electron chi connectivity index (χ1n) is 12.4. The van der Waals surface area contributed by atoms with Crippen LogP contribution in [0.4, 0.5) is 5.69 Å². The van der Waals surface area contributed by atoms with Crippen molar-refractivity contribution in [2.24, 2.45) is 0 Å². The topological polar surface area (TPSA) is 105 Å². The van der Waals surface area contributed by atoms with Crippen LogP contribution in [0.1, 0.15) is 44.6 Å². The lowest BCUT2D eigenvalue weighted by Crippen LogP contribution is -2.53. The highest BCUT2D eigenvalue weighted by Crippen LogP contribution is 2.36. The van der Waals surface area contributed by atoms with Crippen molar-refractivity contribution in [3.8, 4) is 11.5 Å². The molecule has 0 spiro atoms. The summed E-state index contributed by atoms with van der Waals surface area (Å²) >= 11 is 6.40. The van der Waals surface area contributed by atoms with Gasteiger partial charge in [0.1, 0.15) is 12.6 Å². The van der Waals surface area contributed by atoms with Crippen LogP contribution in [0, 0.1) is 0 Å². The summed E-state index contributed by atoms with van der Waals surface area (Å²) in [5, 5.41) is 3.54. The Morgan fingerprint density at radius 1 is 1.11 bits per heavy atom. The lowest BCUT2D eigenvalue weighted by Gasteiger charge is -2.33. The smallest absolute Gasteiger partial charge is 0.244 e. The number of nitrogens with one attached hydrogen (secondary N) is 1. The summed E-state index contributed by atoms with van der Waals surface area (Å²) in [5.74, 6) is 0.132. The van der Waals surface area contributed by atoms with Crippen LogP contribution in [-0.2, 0) is 26.2 Å². The molecule has 2 aromatic rings. The number of ether oxygens (including phenoxy) is 2. The Bertz CT molecular complexity index is 1250. The van der Waals surface area contributed by atoms with Gasteiger partial charge in [-0.05, 0) is 43.0 Å². The van der Waals surface area contributed by atoms with Gasteiger partial charge in [-0.25, -0.2) is 8.42 Å². The van der Waals surface area contributed by atoms with Gasteiger partial charge in [0.2, 0.25) is 28.6 Å². The second-order valence-corrected chi connectivity index (χ2v) is 11.6. The Hall–Kier alpha value is -2.98. The molecule has 9 nitrogen and oxygen atoms in total. The van der Waals surface area contributed by atoms with Crippen LogP contribution in [-0.4, -0.2) is 56.8 Å². The van der Waals surface area contributed by atoms with Crippen LogP contribution < -0.4 is 19.1 Å². The summed E-state index contributed by atoms with van der Waals surface area (Å²) in [6, 6.07) is 11.1. The monoisotopic (exact) mass is 549 g/mol. The van der Waals surface area contributed by atoms with E-state index in [1.165, 1.54) is 11.0 Å². The minimum Gasteiger partial charge on any atom is -0.454 e. The van der Waals surface area contributed by atoms with Gasteiger partial charge in [0.15, 0.2) is 11.5 Å². The van der Waals surface area contributed by atoms with E-state index in [1.807, 2.05) is 6.92 Å². The molecule has 1 N–H and O–H groups in total. The maximum absolute atomic E-state index is 13.8. The Balaban J connectivity index is 1.63. The van der Waals surface area contributed by atoms with Crippen molar-refractivity contribution in [2.75, 3.05) is 23.9 Å². The fraction of sp³-hybridized carbons (Fsp3) is 0.462. The number of halogens is 1. The van der Waals surface area contributed by atoms with Crippen molar-refractivity contribution in [1.82, 2.24) is 10.2 Å². The first kappa shape index (κ1) is 27.1. The summed E-state index contributed by atoms with van der Waals surface area (Å²) in [4.78, 5) is 28.6. The first-order valence-corrected chi connectivity index (χ1v) is 14.6. The van der Waals surface area contributed by atoms with Gasteiger partial charge >= 0.3 is 0 Å². The third kappa shape index (κ3) is 6.48. The minimum absolute atomic E-state index is 0.0382. The van der Waals surface area contributed by atoms with Gasteiger partial charge in [-0.1, -0.05) is 49.6 Å². The number of amides is 2. The molecule has 1 heterocycles. The molecular weight excluding hydrogens is 518 g/mol. The Kier molecular flexibility index (Phi) is 8.49. The second kappa shape index (κ2) is 11.6. The molecular formula is C26H32ClN3O6S. The van der Waals surface area contributed by atoms with Crippen molar-refractivity contribution in [1.29, 1.82) is 0 Å². The molecule has 4 rings (SSSR count). The number of benzene rings is 2. The fourth-order valence-electron chi connectivity index (χ4n) is 4.75. The van der Waals surface area contributed by atoms with Crippen molar-refractivity contribution in [2.45, 2.75) is 57.7 Å². The SMILES string of the molecule is CCC(C(=O)NC1CCCC1)N(Cc1ccccc1Cl)C(=O)CN(c1ccc2c(c1)OCO2)S(C)(=O)=O. The number of fused-ring (bicyclic) bond motifs is 1. The molecule has 37 heavy (non-hydrogen) atoms. The van der Waals surface area contributed by atoms with Crippen LogP contribution in [0.5, 0.6) is 11.5 Å². The van der Waals surface area contributed by atoms with E-state index < -0.39 is 28.5 Å². The molecule has 0 radical (unpaired) electrons. The van der Waals surface area contributed by atoms with Crippen LogP contribution in [0.15, 0.2) is 42.5 Å². The van der Waals surface area contributed by atoms with Gasteiger partial charge in [0.25, 0.3) is 0 Å². The summed E-state index contributed by atoms with van der Waals surface area (Å²) in [5.41, 5.74) is 0.930. The Morgan fingerprint density at radius 3 is 2.49 bits per heavy atom. The van der Waals surface area contributed by atoms with Gasteiger partial charge in [-0.15, -0.1) is 0 Å². The maximum Gasteiger partial charge on any atom is 0.244 e. The summed E-state index contributed by atoms with van der Waals surface area (Å²) in [6.07, 6.45) is 5.33. The van der Waals surface area contributed by atoms with E-state index in [4.69, 9.17) is 21.1 Å². The molecule has 11 heteroatoms. The van der Waals surface area contributed by atoms with E-state index in [2.05, 4.69) is 5.32 Å². The Labute approximate surface area is 222 Å². The van der Waals surface area contributed by atoms with Crippen LogP contribution >= 0.6 is 11.6 Å². The van der Waals surface area contributed by atoms with Gasteiger partial charge < -0.3 is 19.7 Å². The quantitative estimate of drug-likeness (QED) is 0.484. The van der Waals surface area contributed by atoms with E-state index in [1.54, 1.807) is 36.4 Å². The molecule has 1 fully saturated rings. The van der Waals surface area contributed by atoms with Gasteiger partial charge in [-0.2, -0.15) is 0 Å². The van der Waals surface area contributed by atoms with E-state index in [0.29, 0.717) is 28.5 Å². The van der Waals surface area contributed by atoms with Crippen molar-refractivity contribution in [3.05, 3.63) is 53.1 Å². The lowest BCUT2D eigenvalue weighted by atomic mass is 10.1. The highest BCUT2D eigenvalue weighted by Gasteiger charge is 2.33. The zero-order valence-corrected chi connectivity index (χ0v) is 22.6. The number of carbonyl (C=O) groups excluding carboxylic acids is 2. The van der Waals surface area contributed by atoms with E-state index >= 15 is 0 Å². The molecule has 2 aromatic carbocycles. The highest BCUT2D eigenvalue weighted by molar-refractivity contribution is 7.92. The molecule has 1 aliphatic heterocycles. The third-order valence-corrected chi connectivity index (χ3v) is 8.22.